The molecule has 0 atom stereocenters. The fourth-order valence-electron chi connectivity index (χ4n) is 3.23. The molecule has 0 aliphatic carbocycles. The number of benzene rings is 3. The van der Waals surface area contributed by atoms with Crippen LogP contribution in [-0.2, 0) is 4.79 Å². The minimum atomic E-state index is -0.135. The number of carbonyl (C=O) groups excluding carboxylic acids is 2. The molecule has 0 aromatic heterocycles. The molecule has 0 fully saturated rings. The Kier molecular flexibility index (Phi) is 8.83. The Balaban J connectivity index is 1.77. The summed E-state index contributed by atoms with van der Waals surface area (Å²) in [6, 6.07) is 24.0. The van der Waals surface area contributed by atoms with Crippen molar-refractivity contribution in [2.45, 2.75) is 19.8 Å². The number of allylic oxidation sites excluding steroid dienone is 1. The Morgan fingerprint density at radius 3 is 2.15 bits per heavy atom. The first-order valence-electron chi connectivity index (χ1n) is 11.1. The van der Waals surface area contributed by atoms with E-state index in [1.807, 2.05) is 48.5 Å². The number of hydrogen-bond donors (Lipinski definition) is 1. The van der Waals surface area contributed by atoms with Gasteiger partial charge in [-0.15, -0.1) is 0 Å². The van der Waals surface area contributed by atoms with Crippen molar-refractivity contribution in [3.8, 4) is 11.5 Å². The lowest BCUT2D eigenvalue weighted by atomic mass is 9.94. The van der Waals surface area contributed by atoms with Crippen LogP contribution in [0.3, 0.4) is 0 Å². The summed E-state index contributed by atoms with van der Waals surface area (Å²) in [5.74, 6) is 1.09. The van der Waals surface area contributed by atoms with Gasteiger partial charge in [0.15, 0.2) is 12.4 Å². The molecule has 33 heavy (non-hydrogen) atoms. The molecular weight excluding hydrogens is 414 g/mol. The van der Waals surface area contributed by atoms with E-state index >= 15 is 0 Å². The zero-order chi connectivity index (χ0) is 23.5. The lowest BCUT2D eigenvalue weighted by Crippen LogP contribution is -2.29. The lowest BCUT2D eigenvalue weighted by Gasteiger charge is -2.10. The molecule has 170 valence electrons. The number of hydrogen-bond acceptors (Lipinski definition) is 4. The SMILES string of the molecule is CCCCNC(=O)COc1ccc(/C=C(/C(=O)c2ccc(OC)cc2)c2ccccc2)cc1. The van der Waals surface area contributed by atoms with Crippen LogP contribution in [-0.4, -0.2) is 32.0 Å². The molecule has 5 heteroatoms. The number of unbranched alkanes of at least 4 members (excludes halogenated alkanes) is 1. The van der Waals surface area contributed by atoms with E-state index in [0.29, 0.717) is 29.2 Å². The van der Waals surface area contributed by atoms with E-state index in [0.717, 1.165) is 24.0 Å². The predicted molar refractivity (Wildman–Crippen MR) is 131 cm³/mol. The Morgan fingerprint density at radius 2 is 1.52 bits per heavy atom. The minimum Gasteiger partial charge on any atom is -0.497 e. The lowest BCUT2D eigenvalue weighted by molar-refractivity contribution is -0.123. The van der Waals surface area contributed by atoms with Crippen LogP contribution in [0.25, 0.3) is 11.6 Å². The summed E-state index contributed by atoms with van der Waals surface area (Å²) in [5, 5.41) is 2.83. The fraction of sp³-hybridized carbons (Fsp3) is 0.214. The van der Waals surface area contributed by atoms with Gasteiger partial charge in [-0.05, 0) is 60.0 Å². The van der Waals surface area contributed by atoms with Crippen LogP contribution in [0.1, 0.15) is 41.3 Å². The predicted octanol–water partition coefficient (Wildman–Crippen LogP) is 5.41. The molecule has 1 amide bonds. The van der Waals surface area contributed by atoms with Gasteiger partial charge < -0.3 is 14.8 Å². The number of methoxy groups -OCH3 is 1. The van der Waals surface area contributed by atoms with E-state index in [9.17, 15) is 9.59 Å². The van der Waals surface area contributed by atoms with E-state index in [1.165, 1.54) is 0 Å². The number of nitrogens with one attached hydrogen (secondary N) is 1. The van der Waals surface area contributed by atoms with E-state index in [-0.39, 0.29) is 18.3 Å². The molecule has 0 aliphatic heterocycles. The third kappa shape index (κ3) is 7.07. The Morgan fingerprint density at radius 1 is 0.848 bits per heavy atom. The first kappa shape index (κ1) is 23.8. The third-order valence-electron chi connectivity index (χ3n) is 5.10. The number of Topliss-reactive ketones (excluding diaryl/α,β-unsaturated/α-hetero) is 1. The van der Waals surface area contributed by atoms with Crippen molar-refractivity contribution in [1.82, 2.24) is 5.32 Å². The maximum atomic E-state index is 13.3. The van der Waals surface area contributed by atoms with Gasteiger partial charge in [0.25, 0.3) is 5.91 Å². The molecule has 0 bridgehead atoms. The van der Waals surface area contributed by atoms with Gasteiger partial charge in [0.2, 0.25) is 0 Å². The highest BCUT2D eigenvalue weighted by atomic mass is 16.5. The van der Waals surface area contributed by atoms with E-state index in [4.69, 9.17) is 9.47 Å². The van der Waals surface area contributed by atoms with Crippen LogP contribution >= 0.6 is 0 Å². The summed E-state index contributed by atoms with van der Waals surface area (Å²) in [6.07, 6.45) is 3.84. The van der Waals surface area contributed by atoms with Gasteiger partial charge in [0.1, 0.15) is 11.5 Å². The zero-order valence-corrected chi connectivity index (χ0v) is 19.0. The van der Waals surface area contributed by atoms with Crippen LogP contribution in [0.15, 0.2) is 78.9 Å². The molecule has 3 aromatic carbocycles. The molecule has 0 heterocycles. The molecule has 0 aliphatic rings. The molecule has 3 aromatic rings. The average molecular weight is 444 g/mol. The molecular formula is C28H29NO4. The average Bonchev–Trinajstić information content (AvgIpc) is 2.87. The topological polar surface area (TPSA) is 64.6 Å². The molecule has 0 spiro atoms. The van der Waals surface area contributed by atoms with Crippen molar-refractivity contribution in [2.75, 3.05) is 20.3 Å². The van der Waals surface area contributed by atoms with Gasteiger partial charge in [-0.2, -0.15) is 0 Å². The van der Waals surface area contributed by atoms with E-state index in [1.54, 1.807) is 43.5 Å². The number of rotatable bonds is 11. The molecule has 0 radical (unpaired) electrons. The monoisotopic (exact) mass is 443 g/mol. The van der Waals surface area contributed by atoms with Crippen molar-refractivity contribution in [1.29, 1.82) is 0 Å². The number of amides is 1. The first-order chi connectivity index (χ1) is 16.1. The molecule has 0 unspecified atom stereocenters. The largest absolute Gasteiger partial charge is 0.497 e. The highest BCUT2D eigenvalue weighted by Crippen LogP contribution is 2.25. The third-order valence-corrected chi connectivity index (χ3v) is 5.10. The second-order valence-corrected chi connectivity index (χ2v) is 7.54. The zero-order valence-electron chi connectivity index (χ0n) is 19.0. The summed E-state index contributed by atoms with van der Waals surface area (Å²) in [5.41, 5.74) is 2.86. The van der Waals surface area contributed by atoms with Gasteiger partial charge >= 0.3 is 0 Å². The van der Waals surface area contributed by atoms with Crippen LogP contribution < -0.4 is 14.8 Å². The van der Waals surface area contributed by atoms with Gasteiger partial charge in [-0.3, -0.25) is 9.59 Å². The highest BCUT2D eigenvalue weighted by Gasteiger charge is 2.15. The molecule has 3 rings (SSSR count). The van der Waals surface area contributed by atoms with Crippen molar-refractivity contribution >= 4 is 23.3 Å². The number of ether oxygens (including phenoxy) is 2. The quantitative estimate of drug-likeness (QED) is 0.186. The first-order valence-corrected chi connectivity index (χ1v) is 11.1. The van der Waals surface area contributed by atoms with Crippen molar-refractivity contribution < 1.29 is 19.1 Å². The standard InChI is InChI=1S/C28H29NO4/c1-3-4-18-29-27(30)20-33-25-14-10-21(11-15-25)19-26(22-8-6-5-7-9-22)28(31)23-12-16-24(32-2)17-13-23/h5-17,19H,3-4,18,20H2,1-2H3,(H,29,30)/b26-19+. The van der Waals surface area contributed by atoms with Crippen LogP contribution in [0, 0.1) is 0 Å². The maximum Gasteiger partial charge on any atom is 0.257 e. The van der Waals surface area contributed by atoms with E-state index < -0.39 is 0 Å². The number of carbonyl (C=O) groups is 2. The Hall–Kier alpha value is -3.86. The van der Waals surface area contributed by atoms with Gasteiger partial charge in [-0.25, -0.2) is 0 Å². The Labute approximate surface area is 195 Å². The summed E-state index contributed by atoms with van der Waals surface area (Å²) in [7, 11) is 1.60. The van der Waals surface area contributed by atoms with Crippen molar-refractivity contribution in [2.24, 2.45) is 0 Å². The Bertz CT molecular complexity index is 1070. The smallest absolute Gasteiger partial charge is 0.257 e. The van der Waals surface area contributed by atoms with Crippen LogP contribution in [0.4, 0.5) is 0 Å². The van der Waals surface area contributed by atoms with Crippen LogP contribution in [0.2, 0.25) is 0 Å². The normalized spacial score (nSPS) is 11.0. The number of ketones is 1. The molecule has 1 N–H and O–H groups in total. The minimum absolute atomic E-state index is 0.0237. The van der Waals surface area contributed by atoms with Crippen LogP contribution in [0.5, 0.6) is 11.5 Å². The van der Waals surface area contributed by atoms with Crippen molar-refractivity contribution in [3.05, 3.63) is 95.6 Å². The summed E-state index contributed by atoms with van der Waals surface area (Å²) >= 11 is 0. The summed E-state index contributed by atoms with van der Waals surface area (Å²) < 4.78 is 10.8. The fourth-order valence-corrected chi connectivity index (χ4v) is 3.23. The molecule has 0 saturated heterocycles. The summed E-state index contributed by atoms with van der Waals surface area (Å²) in [4.78, 5) is 25.1. The van der Waals surface area contributed by atoms with Crippen molar-refractivity contribution in [3.63, 3.8) is 0 Å². The van der Waals surface area contributed by atoms with Gasteiger partial charge in [-0.1, -0.05) is 55.8 Å². The maximum absolute atomic E-state index is 13.3. The van der Waals surface area contributed by atoms with E-state index in [2.05, 4.69) is 12.2 Å². The second kappa shape index (κ2) is 12.2. The summed E-state index contributed by atoms with van der Waals surface area (Å²) in [6.45, 7) is 2.71. The van der Waals surface area contributed by atoms with Gasteiger partial charge in [0, 0.05) is 17.7 Å². The highest BCUT2D eigenvalue weighted by molar-refractivity contribution is 6.32. The molecule has 5 nitrogen and oxygen atoms in total. The molecule has 0 saturated carbocycles. The second-order valence-electron chi connectivity index (χ2n) is 7.54. The van der Waals surface area contributed by atoms with Gasteiger partial charge in [0.05, 0.1) is 7.11 Å².